The van der Waals surface area contributed by atoms with Crippen LogP contribution in [-0.4, -0.2) is 4.92 Å². The van der Waals surface area contributed by atoms with Crippen LogP contribution in [0.2, 0.25) is 0 Å². The molecule has 0 unspecified atom stereocenters. The fourth-order valence-corrected chi connectivity index (χ4v) is 5.64. The number of nitrogens with zero attached hydrogens (tertiary/aromatic N) is 1. The molecule has 3 nitrogen and oxygen atoms in total. The molecule has 22 heavy (non-hydrogen) atoms. The second-order valence-corrected chi connectivity index (χ2v) is 7.68. The number of hydrogen-bond acceptors (Lipinski definition) is 2. The lowest BCUT2D eigenvalue weighted by atomic mass is 9.37. The average molecular weight is 297 g/mol. The van der Waals surface area contributed by atoms with Gasteiger partial charge in [0.25, 0.3) is 5.69 Å². The number of nitro benzene ring substituents is 1. The molecule has 1 fully saturated rings. The number of allylic oxidation sites excluding steroid dienone is 4. The lowest BCUT2D eigenvalue weighted by molar-refractivity contribution is -0.384. The molecule has 3 atom stereocenters. The largest absolute Gasteiger partial charge is 0.269 e. The van der Waals surface area contributed by atoms with E-state index < -0.39 is 0 Å². The van der Waals surface area contributed by atoms with Gasteiger partial charge in [0.15, 0.2) is 0 Å². The smallest absolute Gasteiger partial charge is 0.258 e. The van der Waals surface area contributed by atoms with Crippen LogP contribution in [0, 0.1) is 26.9 Å². The summed E-state index contributed by atoms with van der Waals surface area (Å²) in [6.45, 7) is 11.3. The van der Waals surface area contributed by atoms with E-state index in [9.17, 15) is 10.1 Å². The minimum Gasteiger partial charge on any atom is -0.258 e. The van der Waals surface area contributed by atoms with Crippen LogP contribution in [0.25, 0.3) is 0 Å². The van der Waals surface area contributed by atoms with E-state index in [1.165, 1.54) is 16.7 Å². The molecule has 116 valence electrons. The second-order valence-electron chi connectivity index (χ2n) is 7.68. The number of non-ortho nitro benzene ring substituents is 1. The number of fused-ring (bicyclic) bond motifs is 1. The van der Waals surface area contributed by atoms with Crippen molar-refractivity contribution in [3.05, 3.63) is 63.2 Å². The van der Waals surface area contributed by atoms with E-state index in [2.05, 4.69) is 46.8 Å². The van der Waals surface area contributed by atoms with Gasteiger partial charge in [0, 0.05) is 17.5 Å². The first-order valence-electron chi connectivity index (χ1n) is 7.80. The van der Waals surface area contributed by atoms with Gasteiger partial charge in [-0.2, -0.15) is 0 Å². The second kappa shape index (κ2) is 4.55. The van der Waals surface area contributed by atoms with Crippen molar-refractivity contribution in [2.45, 2.75) is 40.5 Å². The molecule has 0 heterocycles. The SMILES string of the molecule is CC1=C[C@]2(C)[C@H](C(C)=C1)C(C)(C)[C@@H]2c1ccc([N+](=O)[O-])cc1. The summed E-state index contributed by atoms with van der Waals surface area (Å²) in [5, 5.41) is 10.9. The van der Waals surface area contributed by atoms with Gasteiger partial charge in [0.1, 0.15) is 0 Å². The van der Waals surface area contributed by atoms with E-state index in [4.69, 9.17) is 0 Å². The highest BCUT2D eigenvalue weighted by Crippen LogP contribution is 2.72. The third-order valence-electron chi connectivity index (χ3n) is 5.62. The highest BCUT2D eigenvalue weighted by atomic mass is 16.6. The lowest BCUT2D eigenvalue weighted by Crippen LogP contribution is -2.59. The quantitative estimate of drug-likeness (QED) is 0.553. The molecule has 0 N–H and O–H groups in total. The van der Waals surface area contributed by atoms with Crippen LogP contribution in [0.1, 0.15) is 46.1 Å². The first-order chi connectivity index (χ1) is 10.2. The Bertz CT molecular complexity index is 697. The maximum absolute atomic E-state index is 10.9. The number of hydrogen-bond donors (Lipinski definition) is 0. The summed E-state index contributed by atoms with van der Waals surface area (Å²) in [5.41, 5.74) is 4.39. The predicted octanol–water partition coefficient (Wildman–Crippen LogP) is 5.25. The van der Waals surface area contributed by atoms with Crippen LogP contribution >= 0.6 is 0 Å². The Kier molecular flexibility index (Phi) is 3.10. The van der Waals surface area contributed by atoms with E-state index in [0.29, 0.717) is 11.8 Å². The molecular weight excluding hydrogens is 274 g/mol. The van der Waals surface area contributed by atoms with Crippen molar-refractivity contribution in [2.75, 3.05) is 0 Å². The van der Waals surface area contributed by atoms with Crippen molar-refractivity contribution in [3.8, 4) is 0 Å². The van der Waals surface area contributed by atoms with Crippen molar-refractivity contribution >= 4 is 5.69 Å². The summed E-state index contributed by atoms with van der Waals surface area (Å²) in [7, 11) is 0. The third-order valence-corrected chi connectivity index (χ3v) is 5.62. The van der Waals surface area contributed by atoms with Gasteiger partial charge in [0.2, 0.25) is 0 Å². The Balaban J connectivity index is 2.04. The van der Waals surface area contributed by atoms with Gasteiger partial charge in [-0.25, -0.2) is 0 Å². The molecule has 0 saturated heterocycles. The zero-order valence-corrected chi connectivity index (χ0v) is 13.9. The summed E-state index contributed by atoms with van der Waals surface area (Å²) in [6, 6.07) is 7.13. The lowest BCUT2D eigenvalue weighted by Gasteiger charge is -2.67. The van der Waals surface area contributed by atoms with Crippen molar-refractivity contribution < 1.29 is 4.92 Å². The molecule has 0 bridgehead atoms. The third kappa shape index (κ3) is 1.88. The topological polar surface area (TPSA) is 43.1 Å². The van der Waals surface area contributed by atoms with Crippen molar-refractivity contribution in [3.63, 3.8) is 0 Å². The maximum atomic E-state index is 10.9. The van der Waals surface area contributed by atoms with E-state index in [1.807, 2.05) is 12.1 Å². The minimum atomic E-state index is -0.336. The van der Waals surface area contributed by atoms with E-state index in [-0.39, 0.29) is 21.4 Å². The Hall–Kier alpha value is -1.90. The molecule has 3 heteroatoms. The van der Waals surface area contributed by atoms with E-state index in [1.54, 1.807) is 12.1 Å². The molecule has 1 saturated carbocycles. The van der Waals surface area contributed by atoms with Crippen LogP contribution in [0.15, 0.2) is 47.6 Å². The molecule has 0 radical (unpaired) electrons. The highest BCUT2D eigenvalue weighted by molar-refractivity contribution is 5.46. The molecule has 1 aromatic rings. The highest BCUT2D eigenvalue weighted by Gasteiger charge is 2.64. The first-order valence-corrected chi connectivity index (χ1v) is 7.80. The number of nitro groups is 1. The Labute approximate surface area is 131 Å². The summed E-state index contributed by atoms with van der Waals surface area (Å²) in [6.07, 6.45) is 4.68. The minimum absolute atomic E-state index is 0.0998. The molecular formula is C19H23NO2. The summed E-state index contributed by atoms with van der Waals surface area (Å²) < 4.78 is 0. The zero-order valence-electron chi connectivity index (χ0n) is 13.9. The molecule has 0 spiro atoms. The van der Waals surface area contributed by atoms with Gasteiger partial charge in [-0.3, -0.25) is 10.1 Å². The van der Waals surface area contributed by atoms with Crippen LogP contribution in [-0.2, 0) is 0 Å². The van der Waals surface area contributed by atoms with Gasteiger partial charge < -0.3 is 0 Å². The Morgan fingerprint density at radius 3 is 2.18 bits per heavy atom. The summed E-state index contributed by atoms with van der Waals surface area (Å²) in [4.78, 5) is 10.5. The summed E-state index contributed by atoms with van der Waals surface area (Å²) in [5.74, 6) is 0.910. The Morgan fingerprint density at radius 1 is 1.05 bits per heavy atom. The summed E-state index contributed by atoms with van der Waals surface area (Å²) >= 11 is 0. The van der Waals surface area contributed by atoms with Crippen molar-refractivity contribution in [1.29, 1.82) is 0 Å². The molecule has 0 aliphatic heterocycles. The molecule has 2 aliphatic carbocycles. The fraction of sp³-hybridized carbons (Fsp3) is 0.474. The monoisotopic (exact) mass is 297 g/mol. The number of benzene rings is 1. The fourth-order valence-electron chi connectivity index (χ4n) is 5.64. The van der Waals surface area contributed by atoms with Gasteiger partial charge >= 0.3 is 0 Å². The molecule has 0 aromatic heterocycles. The van der Waals surface area contributed by atoms with Crippen LogP contribution < -0.4 is 0 Å². The van der Waals surface area contributed by atoms with E-state index in [0.717, 1.165) is 0 Å². The van der Waals surface area contributed by atoms with Gasteiger partial charge in [-0.05, 0) is 36.7 Å². The van der Waals surface area contributed by atoms with Gasteiger partial charge in [0.05, 0.1) is 4.92 Å². The Morgan fingerprint density at radius 2 is 1.64 bits per heavy atom. The maximum Gasteiger partial charge on any atom is 0.269 e. The normalized spacial score (nSPS) is 32.4. The van der Waals surface area contributed by atoms with Crippen LogP contribution in [0.5, 0.6) is 0 Å². The standard InChI is InChI=1S/C19H23NO2/c1-12-10-13(2)16-18(3,4)17(19(16,5)11-12)14-6-8-15(9-7-14)20(21)22/h6-11,16-17H,1-5H3/t16-,17+,19-/m1/s1. The van der Waals surface area contributed by atoms with Crippen molar-refractivity contribution in [1.82, 2.24) is 0 Å². The predicted molar refractivity (Wildman–Crippen MR) is 88.7 cm³/mol. The molecule has 3 rings (SSSR count). The molecule has 0 amide bonds. The van der Waals surface area contributed by atoms with E-state index >= 15 is 0 Å². The van der Waals surface area contributed by atoms with Gasteiger partial charge in [-0.1, -0.05) is 56.2 Å². The first kappa shape index (κ1) is 15.0. The van der Waals surface area contributed by atoms with Crippen molar-refractivity contribution in [2.24, 2.45) is 16.7 Å². The number of rotatable bonds is 2. The molecule has 1 aromatic carbocycles. The van der Waals surface area contributed by atoms with Crippen LogP contribution in [0.4, 0.5) is 5.69 Å². The molecule has 2 aliphatic rings. The van der Waals surface area contributed by atoms with Gasteiger partial charge in [-0.15, -0.1) is 0 Å². The zero-order chi connectivity index (χ0) is 16.3. The average Bonchev–Trinajstić information content (AvgIpc) is 2.36. The van der Waals surface area contributed by atoms with Crippen LogP contribution in [0.3, 0.4) is 0 Å².